The molecule has 1 atom stereocenters. The minimum absolute atomic E-state index is 0.241. The van der Waals surface area contributed by atoms with Crippen LogP contribution >= 0.6 is 27.5 Å². The number of rotatable bonds is 3. The van der Waals surface area contributed by atoms with Gasteiger partial charge in [-0.25, -0.2) is 0 Å². The number of halogens is 2. The highest BCUT2D eigenvalue weighted by atomic mass is 79.9. The maximum atomic E-state index is 6.27. The summed E-state index contributed by atoms with van der Waals surface area (Å²) in [6.45, 7) is 0. The van der Waals surface area contributed by atoms with Crippen LogP contribution in [0, 0.1) is 0 Å². The molecular weight excluding hydrogens is 314 g/mol. The summed E-state index contributed by atoms with van der Waals surface area (Å²) in [5.74, 6) is 0.778. The minimum Gasteiger partial charge on any atom is -0.496 e. The lowest BCUT2D eigenvalue weighted by atomic mass is 9.99. The second-order valence-electron chi connectivity index (χ2n) is 3.92. The van der Waals surface area contributed by atoms with Gasteiger partial charge in [0.1, 0.15) is 5.75 Å². The zero-order valence-corrected chi connectivity index (χ0v) is 12.2. The highest BCUT2D eigenvalue weighted by molar-refractivity contribution is 9.10. The molecule has 2 nitrogen and oxygen atoms in total. The van der Waals surface area contributed by atoms with Crippen molar-refractivity contribution < 1.29 is 4.74 Å². The van der Waals surface area contributed by atoms with Crippen molar-refractivity contribution in [3.05, 3.63) is 63.1 Å². The van der Waals surface area contributed by atoms with Gasteiger partial charge in [0.15, 0.2) is 0 Å². The second-order valence-corrected chi connectivity index (χ2v) is 5.27. The molecule has 0 saturated heterocycles. The Kier molecular flexibility index (Phi) is 4.27. The van der Waals surface area contributed by atoms with E-state index in [4.69, 9.17) is 22.1 Å². The Hall–Kier alpha value is -1.03. The van der Waals surface area contributed by atoms with Crippen LogP contribution in [0.25, 0.3) is 0 Å². The molecule has 0 aliphatic rings. The third kappa shape index (κ3) is 2.86. The van der Waals surface area contributed by atoms with Crippen LogP contribution in [0.1, 0.15) is 17.2 Å². The quantitative estimate of drug-likeness (QED) is 0.919. The minimum atomic E-state index is -0.241. The number of hydrogen-bond donors (Lipinski definition) is 1. The fourth-order valence-electron chi connectivity index (χ4n) is 1.80. The average Bonchev–Trinajstić information content (AvgIpc) is 2.39. The number of ether oxygens (including phenoxy) is 1. The first-order valence-electron chi connectivity index (χ1n) is 5.46. The third-order valence-electron chi connectivity index (χ3n) is 2.76. The Morgan fingerprint density at radius 2 is 1.83 bits per heavy atom. The first-order valence-corrected chi connectivity index (χ1v) is 6.63. The molecule has 0 amide bonds. The second kappa shape index (κ2) is 5.74. The first-order chi connectivity index (χ1) is 8.61. The first kappa shape index (κ1) is 13.4. The van der Waals surface area contributed by atoms with E-state index in [-0.39, 0.29) is 6.04 Å². The number of hydrogen-bond acceptors (Lipinski definition) is 2. The van der Waals surface area contributed by atoms with Crippen LogP contribution in [0.2, 0.25) is 5.02 Å². The molecule has 2 aromatic carbocycles. The van der Waals surface area contributed by atoms with Gasteiger partial charge in [-0.2, -0.15) is 0 Å². The molecule has 1 unspecified atom stereocenters. The van der Waals surface area contributed by atoms with Crippen LogP contribution < -0.4 is 10.5 Å². The highest BCUT2D eigenvalue weighted by Gasteiger charge is 2.14. The van der Waals surface area contributed by atoms with Crippen molar-refractivity contribution in [3.63, 3.8) is 0 Å². The van der Waals surface area contributed by atoms with Crippen molar-refractivity contribution in [2.75, 3.05) is 7.11 Å². The SMILES string of the molecule is COc1ccc(Br)cc1C(N)c1ccc(Cl)cc1. The van der Waals surface area contributed by atoms with E-state index in [1.807, 2.05) is 42.5 Å². The van der Waals surface area contributed by atoms with E-state index in [9.17, 15) is 0 Å². The van der Waals surface area contributed by atoms with Crippen molar-refractivity contribution in [1.82, 2.24) is 0 Å². The topological polar surface area (TPSA) is 35.2 Å². The van der Waals surface area contributed by atoms with Crippen LogP contribution in [0.4, 0.5) is 0 Å². The molecule has 0 spiro atoms. The lowest BCUT2D eigenvalue weighted by Crippen LogP contribution is -2.13. The van der Waals surface area contributed by atoms with Gasteiger partial charge in [-0.05, 0) is 35.9 Å². The molecule has 0 heterocycles. The van der Waals surface area contributed by atoms with E-state index >= 15 is 0 Å². The maximum absolute atomic E-state index is 6.27. The Balaban J connectivity index is 2.41. The summed E-state index contributed by atoms with van der Waals surface area (Å²) in [4.78, 5) is 0. The molecule has 0 radical (unpaired) electrons. The van der Waals surface area contributed by atoms with Gasteiger partial charge in [-0.15, -0.1) is 0 Å². The highest BCUT2D eigenvalue weighted by Crippen LogP contribution is 2.31. The van der Waals surface area contributed by atoms with Crippen molar-refractivity contribution in [1.29, 1.82) is 0 Å². The van der Waals surface area contributed by atoms with Gasteiger partial charge in [-0.1, -0.05) is 39.7 Å². The van der Waals surface area contributed by atoms with Gasteiger partial charge in [0.05, 0.1) is 13.2 Å². The molecule has 2 N–H and O–H groups in total. The summed E-state index contributed by atoms with van der Waals surface area (Å²) in [7, 11) is 1.64. The number of benzene rings is 2. The molecule has 0 fully saturated rings. The summed E-state index contributed by atoms with van der Waals surface area (Å²) in [6.07, 6.45) is 0. The van der Waals surface area contributed by atoms with Crippen LogP contribution in [0.3, 0.4) is 0 Å². The summed E-state index contributed by atoms with van der Waals surface area (Å²) >= 11 is 9.32. The van der Waals surface area contributed by atoms with E-state index in [2.05, 4.69) is 15.9 Å². The predicted octanol–water partition coefficient (Wildman–Crippen LogP) is 4.16. The molecule has 2 rings (SSSR count). The van der Waals surface area contributed by atoms with Gasteiger partial charge >= 0.3 is 0 Å². The van der Waals surface area contributed by atoms with Crippen molar-refractivity contribution >= 4 is 27.5 Å². The molecule has 0 bridgehead atoms. The lowest BCUT2D eigenvalue weighted by molar-refractivity contribution is 0.407. The van der Waals surface area contributed by atoms with Gasteiger partial charge in [0.2, 0.25) is 0 Å². The van der Waals surface area contributed by atoms with E-state index in [0.717, 1.165) is 21.3 Å². The Bertz CT molecular complexity index is 542. The van der Waals surface area contributed by atoms with Crippen LogP contribution in [-0.4, -0.2) is 7.11 Å². The smallest absolute Gasteiger partial charge is 0.124 e. The summed E-state index contributed by atoms with van der Waals surface area (Å²) in [5, 5.41) is 0.701. The number of methoxy groups -OCH3 is 1. The Labute approximate surface area is 120 Å². The normalized spacial score (nSPS) is 12.2. The van der Waals surface area contributed by atoms with E-state index in [1.54, 1.807) is 7.11 Å². The molecular formula is C14H13BrClNO. The molecule has 94 valence electrons. The van der Waals surface area contributed by atoms with E-state index in [1.165, 1.54) is 0 Å². The van der Waals surface area contributed by atoms with Gasteiger partial charge in [-0.3, -0.25) is 0 Å². The maximum Gasteiger partial charge on any atom is 0.124 e. The average molecular weight is 327 g/mol. The standard InChI is InChI=1S/C14H13BrClNO/c1-18-13-7-4-10(15)8-12(13)14(17)9-2-5-11(16)6-3-9/h2-8,14H,17H2,1H3. The van der Waals surface area contributed by atoms with E-state index < -0.39 is 0 Å². The fourth-order valence-corrected chi connectivity index (χ4v) is 2.30. The van der Waals surface area contributed by atoms with Gasteiger partial charge in [0, 0.05) is 15.1 Å². The molecule has 0 aliphatic carbocycles. The van der Waals surface area contributed by atoms with Crippen molar-refractivity contribution in [3.8, 4) is 5.75 Å². The molecule has 18 heavy (non-hydrogen) atoms. The Morgan fingerprint density at radius 3 is 2.44 bits per heavy atom. The Morgan fingerprint density at radius 1 is 1.17 bits per heavy atom. The third-order valence-corrected chi connectivity index (χ3v) is 3.50. The monoisotopic (exact) mass is 325 g/mol. The molecule has 4 heteroatoms. The molecule has 0 aliphatic heterocycles. The molecule has 0 saturated carbocycles. The van der Waals surface area contributed by atoms with Crippen LogP contribution in [0.15, 0.2) is 46.9 Å². The van der Waals surface area contributed by atoms with Crippen LogP contribution in [-0.2, 0) is 0 Å². The van der Waals surface area contributed by atoms with Crippen molar-refractivity contribution in [2.24, 2.45) is 5.73 Å². The van der Waals surface area contributed by atoms with Crippen molar-refractivity contribution in [2.45, 2.75) is 6.04 Å². The summed E-state index contributed by atoms with van der Waals surface area (Å²) in [6, 6.07) is 13.1. The summed E-state index contributed by atoms with van der Waals surface area (Å²) < 4.78 is 6.31. The van der Waals surface area contributed by atoms with E-state index in [0.29, 0.717) is 5.02 Å². The zero-order chi connectivity index (χ0) is 13.1. The molecule has 2 aromatic rings. The zero-order valence-electron chi connectivity index (χ0n) is 9.86. The predicted molar refractivity (Wildman–Crippen MR) is 78.2 cm³/mol. The van der Waals surface area contributed by atoms with Gasteiger partial charge < -0.3 is 10.5 Å². The molecule has 0 aromatic heterocycles. The van der Waals surface area contributed by atoms with Crippen LogP contribution in [0.5, 0.6) is 5.75 Å². The van der Waals surface area contributed by atoms with Gasteiger partial charge in [0.25, 0.3) is 0 Å². The lowest BCUT2D eigenvalue weighted by Gasteiger charge is -2.16. The fraction of sp³-hybridized carbons (Fsp3) is 0.143. The largest absolute Gasteiger partial charge is 0.496 e. The number of nitrogens with two attached hydrogens (primary N) is 1. The summed E-state index contributed by atoms with van der Waals surface area (Å²) in [5.41, 5.74) is 8.20.